The van der Waals surface area contributed by atoms with Crippen LogP contribution in [0.2, 0.25) is 0 Å². The average molecular weight is 527 g/mol. The lowest BCUT2D eigenvalue weighted by Gasteiger charge is -2.14. The zero-order valence-corrected chi connectivity index (χ0v) is 23.8. The summed E-state index contributed by atoms with van der Waals surface area (Å²) in [7, 11) is 0. The minimum absolute atomic E-state index is 0.0259. The normalized spacial score (nSPS) is 12.9. The molecule has 0 aromatic rings. The molecule has 0 radical (unpaired) electrons. The third-order valence-electron chi connectivity index (χ3n) is 7.11. The SMILES string of the molecule is CC(CCCCCCCCCCCCCCCCCCC(=O)O)NCCCCNC(C=O)CCC(=O)O. The second-order valence-corrected chi connectivity index (χ2v) is 10.8. The number of hydrogen-bond donors (Lipinski definition) is 4. The number of hydrogen-bond acceptors (Lipinski definition) is 5. The van der Waals surface area contributed by atoms with Crippen LogP contribution < -0.4 is 10.6 Å². The fourth-order valence-electron chi connectivity index (χ4n) is 4.69. The second-order valence-electron chi connectivity index (χ2n) is 10.8. The van der Waals surface area contributed by atoms with Crippen LogP contribution in [-0.4, -0.2) is 53.6 Å². The number of rotatable bonds is 30. The summed E-state index contributed by atoms with van der Waals surface area (Å²) in [5, 5.41) is 24.0. The van der Waals surface area contributed by atoms with Gasteiger partial charge in [-0.15, -0.1) is 0 Å². The lowest BCUT2D eigenvalue weighted by atomic mass is 10.0. The van der Waals surface area contributed by atoms with Crippen molar-refractivity contribution >= 4 is 18.2 Å². The van der Waals surface area contributed by atoms with Crippen LogP contribution in [0.1, 0.15) is 148 Å². The molecule has 0 aromatic heterocycles. The molecule has 37 heavy (non-hydrogen) atoms. The third kappa shape index (κ3) is 28.9. The van der Waals surface area contributed by atoms with Crippen molar-refractivity contribution in [3.63, 3.8) is 0 Å². The van der Waals surface area contributed by atoms with Crippen molar-refractivity contribution in [3.05, 3.63) is 0 Å². The van der Waals surface area contributed by atoms with Gasteiger partial charge in [0.25, 0.3) is 0 Å². The van der Waals surface area contributed by atoms with Gasteiger partial charge < -0.3 is 25.6 Å². The number of aldehydes is 1. The summed E-state index contributed by atoms with van der Waals surface area (Å²) in [6, 6.07) is 0.196. The largest absolute Gasteiger partial charge is 0.481 e. The van der Waals surface area contributed by atoms with Crippen LogP contribution in [0.4, 0.5) is 0 Å². The smallest absolute Gasteiger partial charge is 0.303 e. The van der Waals surface area contributed by atoms with Gasteiger partial charge in [0.15, 0.2) is 0 Å². The minimum atomic E-state index is -0.860. The van der Waals surface area contributed by atoms with E-state index in [0.29, 0.717) is 18.9 Å². The minimum Gasteiger partial charge on any atom is -0.481 e. The molecule has 7 heteroatoms. The van der Waals surface area contributed by atoms with Crippen molar-refractivity contribution in [2.75, 3.05) is 13.1 Å². The van der Waals surface area contributed by atoms with Crippen LogP contribution in [0.5, 0.6) is 0 Å². The summed E-state index contributed by atoms with van der Waals surface area (Å²) in [4.78, 5) is 32.0. The summed E-state index contributed by atoms with van der Waals surface area (Å²) in [6.45, 7) is 3.99. The maximum Gasteiger partial charge on any atom is 0.303 e. The number of carbonyl (C=O) groups is 3. The first-order chi connectivity index (χ1) is 18.0. The number of carboxylic acid groups (broad SMARTS) is 2. The van der Waals surface area contributed by atoms with Gasteiger partial charge in [0, 0.05) is 18.9 Å². The Morgan fingerprint density at radius 3 is 1.41 bits per heavy atom. The van der Waals surface area contributed by atoms with Crippen LogP contribution in [-0.2, 0) is 14.4 Å². The number of unbranched alkanes of at least 4 members (excludes halogenated alkanes) is 16. The van der Waals surface area contributed by atoms with Gasteiger partial charge in [0.2, 0.25) is 0 Å². The van der Waals surface area contributed by atoms with Crippen molar-refractivity contribution in [2.24, 2.45) is 0 Å². The predicted octanol–water partition coefficient (Wildman–Crippen LogP) is 6.87. The molecule has 0 aromatic carbocycles. The zero-order chi connectivity index (χ0) is 27.4. The lowest BCUT2D eigenvalue weighted by molar-refractivity contribution is -0.138. The lowest BCUT2D eigenvalue weighted by Crippen LogP contribution is -2.32. The van der Waals surface area contributed by atoms with E-state index in [0.717, 1.165) is 45.1 Å². The van der Waals surface area contributed by atoms with E-state index < -0.39 is 11.9 Å². The van der Waals surface area contributed by atoms with Crippen molar-refractivity contribution in [3.8, 4) is 0 Å². The van der Waals surface area contributed by atoms with Crippen LogP contribution in [0.3, 0.4) is 0 Å². The molecule has 0 aliphatic carbocycles. The summed E-state index contributed by atoms with van der Waals surface area (Å²) < 4.78 is 0. The first kappa shape index (κ1) is 35.5. The molecular formula is C30H58N2O5. The van der Waals surface area contributed by atoms with Crippen LogP contribution in [0, 0.1) is 0 Å². The summed E-state index contributed by atoms with van der Waals surface area (Å²) in [6.07, 6.45) is 25.3. The van der Waals surface area contributed by atoms with E-state index in [-0.39, 0.29) is 12.5 Å². The molecule has 0 heterocycles. The molecule has 0 aliphatic heterocycles. The molecule has 2 unspecified atom stereocenters. The van der Waals surface area contributed by atoms with E-state index in [1.807, 2.05) is 0 Å². The van der Waals surface area contributed by atoms with E-state index in [1.165, 1.54) is 96.3 Å². The standard InChI is InChI=1S/C30H58N2O5/c1-27(31-24-18-19-25-32-28(26-33)22-23-30(36)37)20-16-14-12-10-8-6-4-2-3-5-7-9-11-13-15-17-21-29(34)35/h26-28,31-32H,2-25H2,1H3,(H,34,35)(H,36,37). The maximum absolute atomic E-state index is 11.0. The monoisotopic (exact) mass is 526 g/mol. The molecule has 2 atom stereocenters. The van der Waals surface area contributed by atoms with Gasteiger partial charge in [-0.1, -0.05) is 96.3 Å². The van der Waals surface area contributed by atoms with Gasteiger partial charge in [0.05, 0.1) is 6.04 Å². The summed E-state index contributed by atoms with van der Waals surface area (Å²) >= 11 is 0. The molecule has 0 rings (SSSR count). The first-order valence-corrected chi connectivity index (χ1v) is 15.3. The highest BCUT2D eigenvalue weighted by Gasteiger charge is 2.08. The maximum atomic E-state index is 11.0. The number of aliphatic carboxylic acids is 2. The Hall–Kier alpha value is -1.47. The molecule has 0 bridgehead atoms. The van der Waals surface area contributed by atoms with Gasteiger partial charge in [-0.3, -0.25) is 9.59 Å². The van der Waals surface area contributed by atoms with Crippen molar-refractivity contribution in [1.29, 1.82) is 0 Å². The van der Waals surface area contributed by atoms with Gasteiger partial charge >= 0.3 is 11.9 Å². The van der Waals surface area contributed by atoms with Crippen molar-refractivity contribution in [2.45, 2.75) is 160 Å². The predicted molar refractivity (Wildman–Crippen MR) is 152 cm³/mol. The van der Waals surface area contributed by atoms with E-state index in [1.54, 1.807) is 0 Å². The number of carbonyl (C=O) groups excluding carboxylic acids is 1. The van der Waals surface area contributed by atoms with Crippen LogP contribution in [0.15, 0.2) is 0 Å². The number of nitrogens with one attached hydrogen (secondary N) is 2. The van der Waals surface area contributed by atoms with E-state index in [2.05, 4.69) is 17.6 Å². The molecule has 0 aliphatic rings. The Balaban J connectivity index is 3.27. The average Bonchev–Trinajstić information content (AvgIpc) is 2.86. The second kappa shape index (κ2) is 27.6. The fraction of sp³-hybridized carbons (Fsp3) is 0.900. The molecule has 0 saturated carbocycles. The molecule has 0 fully saturated rings. The number of carboxylic acids is 2. The third-order valence-corrected chi connectivity index (χ3v) is 7.11. The molecular weight excluding hydrogens is 468 g/mol. The van der Waals surface area contributed by atoms with Gasteiger partial charge in [0.1, 0.15) is 6.29 Å². The molecule has 0 amide bonds. The zero-order valence-electron chi connectivity index (χ0n) is 23.8. The Bertz CT molecular complexity index is 544. The van der Waals surface area contributed by atoms with Gasteiger partial charge in [-0.05, 0) is 52.1 Å². The van der Waals surface area contributed by atoms with Crippen LogP contribution in [0.25, 0.3) is 0 Å². The van der Waals surface area contributed by atoms with E-state index in [9.17, 15) is 14.4 Å². The van der Waals surface area contributed by atoms with E-state index >= 15 is 0 Å². The molecule has 4 N–H and O–H groups in total. The molecule has 0 saturated heterocycles. The summed E-state index contributed by atoms with van der Waals surface area (Å²) in [5.41, 5.74) is 0. The topological polar surface area (TPSA) is 116 Å². The van der Waals surface area contributed by atoms with Crippen molar-refractivity contribution in [1.82, 2.24) is 10.6 Å². The Morgan fingerprint density at radius 1 is 0.568 bits per heavy atom. The Morgan fingerprint density at radius 2 is 0.973 bits per heavy atom. The van der Waals surface area contributed by atoms with Gasteiger partial charge in [-0.25, -0.2) is 0 Å². The summed E-state index contributed by atoms with van der Waals surface area (Å²) in [5.74, 6) is -1.53. The van der Waals surface area contributed by atoms with Crippen LogP contribution >= 0.6 is 0 Å². The molecule has 218 valence electrons. The Kier molecular flexibility index (Phi) is 26.5. The van der Waals surface area contributed by atoms with Crippen molar-refractivity contribution < 1.29 is 24.6 Å². The highest BCUT2D eigenvalue weighted by atomic mass is 16.4. The van der Waals surface area contributed by atoms with E-state index in [4.69, 9.17) is 10.2 Å². The first-order valence-electron chi connectivity index (χ1n) is 15.3. The highest BCUT2D eigenvalue weighted by Crippen LogP contribution is 2.14. The molecule has 7 nitrogen and oxygen atoms in total. The highest BCUT2D eigenvalue weighted by molar-refractivity contribution is 5.68. The fourth-order valence-corrected chi connectivity index (χ4v) is 4.69. The molecule has 0 spiro atoms. The quantitative estimate of drug-likeness (QED) is 0.0596. The Labute approximate surface area is 226 Å². The van der Waals surface area contributed by atoms with Gasteiger partial charge in [-0.2, -0.15) is 0 Å².